The molecule has 5 rings (SSSR count). The maximum atomic E-state index is 4.19. The van der Waals surface area contributed by atoms with Crippen LogP contribution >= 0.6 is 0 Å². The lowest BCUT2D eigenvalue weighted by molar-refractivity contribution is 0.289. The topological polar surface area (TPSA) is 12.0 Å². The molecule has 0 saturated carbocycles. The smallest absolute Gasteiger partial charge is 0.0259 e. The van der Waals surface area contributed by atoms with Crippen molar-refractivity contribution in [2.75, 3.05) is 6.54 Å². The average Bonchev–Trinajstić information content (AvgIpc) is 3.15. The molecule has 9 unspecified atom stereocenters. The number of fused-ring (bicyclic) bond motifs is 2. The zero-order valence-electron chi connectivity index (χ0n) is 31.8. The molecule has 0 saturated heterocycles. The molecule has 0 radical (unpaired) electrons. The zero-order chi connectivity index (χ0) is 34.6. The number of hydrogen-bond acceptors (Lipinski definition) is 1. The van der Waals surface area contributed by atoms with Crippen LogP contribution in [0.5, 0.6) is 0 Å². The van der Waals surface area contributed by atoms with E-state index in [1.54, 1.807) is 16.7 Å². The standard InChI is InChI=1S/C48H69N/c1-7-11-12-17-37(9-3)40-24-26-41(27-25-40)46-31-30-45(47-20-15-16-21-48(46)47)36(6)22-23-43(38(10-4)32-35(5)8-2)34-49-44-29-28-39-18-13-14-19-42(39)33-44/h9,13-16,18-21,23-26,28-29,35-39,41-42,44,46,48-49H,3,7-8,10-12,17,22,27,30-34H2,1-2,4-6H3/b43-23+/t35?,36?,37?,38?,39-,41?,42?,44?,46?,48?/m1/s1. The van der Waals surface area contributed by atoms with Gasteiger partial charge in [0.25, 0.3) is 0 Å². The SMILES string of the molecule is C=CC(CCCCC)C1=CCC(C2CCC(C(C)C/C=C(\CNC3C=C[C@H]4C=CC=CC4C3)C(CC)CC(C)CC)=C3C=CC=CC32)C=C1. The number of rotatable bonds is 18. The molecule has 0 heterocycles. The number of allylic oxidation sites excluding steroid dienone is 17. The van der Waals surface area contributed by atoms with Gasteiger partial charge in [-0.3, -0.25) is 0 Å². The van der Waals surface area contributed by atoms with Crippen molar-refractivity contribution in [1.82, 2.24) is 5.32 Å². The summed E-state index contributed by atoms with van der Waals surface area (Å²) >= 11 is 0. The fourth-order valence-electron chi connectivity index (χ4n) is 9.42. The van der Waals surface area contributed by atoms with Crippen LogP contribution in [-0.2, 0) is 0 Å². The van der Waals surface area contributed by atoms with E-state index in [0.717, 1.165) is 18.9 Å². The molecule has 0 spiro atoms. The largest absolute Gasteiger partial charge is 0.307 e. The minimum absolute atomic E-state index is 0.461. The number of unbranched alkanes of at least 4 members (excludes halogenated alkanes) is 2. The minimum Gasteiger partial charge on any atom is -0.307 e. The van der Waals surface area contributed by atoms with E-state index in [9.17, 15) is 0 Å². The van der Waals surface area contributed by atoms with Gasteiger partial charge in [-0.1, -0.05) is 163 Å². The van der Waals surface area contributed by atoms with Crippen molar-refractivity contribution in [3.05, 3.63) is 120 Å². The monoisotopic (exact) mass is 660 g/mol. The van der Waals surface area contributed by atoms with Gasteiger partial charge in [0.2, 0.25) is 0 Å². The van der Waals surface area contributed by atoms with Crippen LogP contribution in [0.25, 0.3) is 0 Å². The second-order valence-electron chi connectivity index (χ2n) is 16.1. The lowest BCUT2D eigenvalue weighted by Gasteiger charge is -2.40. The van der Waals surface area contributed by atoms with E-state index in [0.29, 0.717) is 53.4 Å². The van der Waals surface area contributed by atoms with Gasteiger partial charge in [0.15, 0.2) is 0 Å². The van der Waals surface area contributed by atoms with Crippen LogP contribution in [0.4, 0.5) is 0 Å². The summed E-state index contributed by atoms with van der Waals surface area (Å²) in [6, 6.07) is 0.461. The molecular formula is C48H69N. The van der Waals surface area contributed by atoms with Gasteiger partial charge in [0.05, 0.1) is 0 Å². The Balaban J connectivity index is 1.27. The van der Waals surface area contributed by atoms with Gasteiger partial charge in [-0.15, -0.1) is 6.58 Å². The molecule has 0 aromatic rings. The zero-order valence-corrected chi connectivity index (χ0v) is 31.8. The van der Waals surface area contributed by atoms with E-state index >= 15 is 0 Å². The van der Waals surface area contributed by atoms with Crippen molar-refractivity contribution in [1.29, 1.82) is 0 Å². The van der Waals surface area contributed by atoms with Crippen LogP contribution in [0.3, 0.4) is 0 Å². The quantitative estimate of drug-likeness (QED) is 0.114. The lowest BCUT2D eigenvalue weighted by Crippen LogP contribution is -2.36. The molecule has 0 fully saturated rings. The predicted octanol–water partition coefficient (Wildman–Crippen LogP) is 13.0. The van der Waals surface area contributed by atoms with E-state index in [1.807, 2.05) is 0 Å². The van der Waals surface area contributed by atoms with Crippen molar-refractivity contribution in [2.24, 2.45) is 53.3 Å². The van der Waals surface area contributed by atoms with Crippen molar-refractivity contribution in [3.63, 3.8) is 0 Å². The van der Waals surface area contributed by atoms with Gasteiger partial charge in [-0.25, -0.2) is 0 Å². The van der Waals surface area contributed by atoms with Crippen LogP contribution in [0, 0.1) is 53.3 Å². The molecule has 0 bridgehead atoms. The first-order chi connectivity index (χ1) is 23.9. The van der Waals surface area contributed by atoms with Crippen molar-refractivity contribution in [3.8, 4) is 0 Å². The Morgan fingerprint density at radius 2 is 1.76 bits per heavy atom. The highest BCUT2D eigenvalue weighted by molar-refractivity contribution is 5.41. The fourth-order valence-corrected chi connectivity index (χ4v) is 9.42. The molecule has 49 heavy (non-hydrogen) atoms. The Labute approximate surface area is 302 Å². The third-order valence-electron chi connectivity index (χ3n) is 12.9. The van der Waals surface area contributed by atoms with E-state index in [2.05, 4.69) is 138 Å². The van der Waals surface area contributed by atoms with Crippen molar-refractivity contribution >= 4 is 0 Å². The first-order valence-corrected chi connectivity index (χ1v) is 20.5. The second kappa shape index (κ2) is 19.1. The molecular weight excluding hydrogens is 591 g/mol. The maximum absolute atomic E-state index is 4.19. The highest BCUT2D eigenvalue weighted by atomic mass is 14.9. The molecule has 0 aromatic heterocycles. The average molecular weight is 660 g/mol. The summed E-state index contributed by atoms with van der Waals surface area (Å²) in [4.78, 5) is 0. The summed E-state index contributed by atoms with van der Waals surface area (Å²) in [5.41, 5.74) is 6.51. The van der Waals surface area contributed by atoms with E-state index in [1.165, 1.54) is 76.2 Å². The predicted molar refractivity (Wildman–Crippen MR) is 215 cm³/mol. The molecule has 5 aliphatic carbocycles. The number of hydrogen-bond donors (Lipinski definition) is 1. The van der Waals surface area contributed by atoms with E-state index < -0.39 is 0 Å². The molecule has 10 atom stereocenters. The summed E-state index contributed by atoms with van der Waals surface area (Å²) in [5.74, 6) is 5.60. The molecule has 5 aliphatic rings. The Kier molecular flexibility index (Phi) is 14.7. The van der Waals surface area contributed by atoms with E-state index in [4.69, 9.17) is 0 Å². The summed E-state index contributed by atoms with van der Waals surface area (Å²) in [5, 5.41) is 4.02. The van der Waals surface area contributed by atoms with Gasteiger partial charge >= 0.3 is 0 Å². The lowest BCUT2D eigenvalue weighted by atomic mass is 9.65. The van der Waals surface area contributed by atoms with E-state index in [-0.39, 0.29) is 0 Å². The van der Waals surface area contributed by atoms with Crippen LogP contribution in [-0.4, -0.2) is 12.6 Å². The molecule has 0 aliphatic heterocycles. The Hall–Kier alpha value is -2.64. The highest BCUT2D eigenvalue weighted by Gasteiger charge is 2.35. The number of nitrogens with one attached hydrogen (secondary N) is 1. The first kappa shape index (κ1) is 37.6. The summed E-state index contributed by atoms with van der Waals surface area (Å²) in [6.45, 7) is 17.2. The van der Waals surface area contributed by atoms with Crippen molar-refractivity contribution in [2.45, 2.75) is 118 Å². The summed E-state index contributed by atoms with van der Waals surface area (Å²) in [6.07, 6.45) is 51.2. The molecule has 1 nitrogen and oxygen atoms in total. The van der Waals surface area contributed by atoms with Gasteiger partial charge in [-0.2, -0.15) is 0 Å². The normalized spacial score (nSPS) is 30.1. The highest BCUT2D eigenvalue weighted by Crippen LogP contribution is 2.47. The Bertz CT molecular complexity index is 1350. The molecule has 0 aromatic carbocycles. The third kappa shape index (κ3) is 10.00. The Morgan fingerprint density at radius 3 is 2.51 bits per heavy atom. The molecule has 1 N–H and O–H groups in total. The van der Waals surface area contributed by atoms with Gasteiger partial charge in [0, 0.05) is 30.3 Å². The van der Waals surface area contributed by atoms with Crippen LogP contribution < -0.4 is 5.32 Å². The van der Waals surface area contributed by atoms with Gasteiger partial charge in [0.1, 0.15) is 0 Å². The van der Waals surface area contributed by atoms with Gasteiger partial charge < -0.3 is 5.32 Å². The molecule has 0 amide bonds. The van der Waals surface area contributed by atoms with Crippen LogP contribution in [0.15, 0.2) is 120 Å². The summed E-state index contributed by atoms with van der Waals surface area (Å²) < 4.78 is 0. The second-order valence-corrected chi connectivity index (χ2v) is 16.1. The van der Waals surface area contributed by atoms with Crippen molar-refractivity contribution < 1.29 is 0 Å². The van der Waals surface area contributed by atoms with Gasteiger partial charge in [-0.05, 0) is 98.0 Å². The minimum atomic E-state index is 0.461. The molecule has 1 heteroatoms. The maximum Gasteiger partial charge on any atom is 0.0259 e. The fraction of sp³-hybridized carbons (Fsp3) is 0.583. The third-order valence-corrected chi connectivity index (χ3v) is 12.9. The Morgan fingerprint density at radius 1 is 0.918 bits per heavy atom. The van der Waals surface area contributed by atoms with Crippen LogP contribution in [0.2, 0.25) is 0 Å². The first-order valence-electron chi connectivity index (χ1n) is 20.5. The summed E-state index contributed by atoms with van der Waals surface area (Å²) in [7, 11) is 0. The van der Waals surface area contributed by atoms with Crippen LogP contribution in [0.1, 0.15) is 112 Å². The molecule has 266 valence electrons.